The maximum absolute atomic E-state index is 9.88. The van der Waals surface area contributed by atoms with E-state index in [2.05, 4.69) is 30.1 Å². The van der Waals surface area contributed by atoms with Crippen molar-refractivity contribution in [3.05, 3.63) is 46.3 Å². The van der Waals surface area contributed by atoms with E-state index in [9.17, 15) is 5.11 Å². The molecule has 0 unspecified atom stereocenters. The van der Waals surface area contributed by atoms with Crippen LogP contribution in [0.3, 0.4) is 0 Å². The molecule has 5 rings (SSSR count). The van der Waals surface area contributed by atoms with Gasteiger partial charge >= 0.3 is 0 Å². The first kappa shape index (κ1) is 19.5. The molecule has 2 aromatic rings. The molecule has 0 saturated heterocycles. The van der Waals surface area contributed by atoms with Crippen LogP contribution in [0.1, 0.15) is 73.0 Å². The van der Waals surface area contributed by atoms with Crippen LogP contribution in [0, 0.1) is 31.1 Å². The predicted octanol–water partition coefficient (Wildman–Crippen LogP) is 5.07. The normalized spacial score (nSPS) is 31.7. The number of phenols is 1. The van der Waals surface area contributed by atoms with Gasteiger partial charge in [-0.3, -0.25) is 4.68 Å². The minimum atomic E-state index is 0.173. The lowest BCUT2D eigenvalue weighted by molar-refractivity contribution is 0.0955. The first-order valence-electron chi connectivity index (χ1n) is 11.3. The Morgan fingerprint density at radius 2 is 2.03 bits per heavy atom. The maximum atomic E-state index is 9.88. The van der Waals surface area contributed by atoms with Gasteiger partial charge in [0.15, 0.2) is 0 Å². The zero-order chi connectivity index (χ0) is 21.0. The Morgan fingerprint density at radius 3 is 2.80 bits per heavy atom. The number of aromatic hydroxyl groups is 1. The van der Waals surface area contributed by atoms with Gasteiger partial charge in [-0.1, -0.05) is 13.0 Å². The molecular formula is C25H32N4O. The third-order valence-corrected chi connectivity index (χ3v) is 8.38. The molecule has 0 bridgehead atoms. The summed E-state index contributed by atoms with van der Waals surface area (Å²) in [6, 6.07) is 6.03. The fraction of sp³-hybridized carbons (Fsp3) is 0.560. The van der Waals surface area contributed by atoms with E-state index in [0.717, 1.165) is 35.7 Å². The number of rotatable bonds is 2. The van der Waals surface area contributed by atoms with E-state index in [1.807, 2.05) is 37.0 Å². The van der Waals surface area contributed by atoms with Crippen molar-refractivity contribution in [2.24, 2.45) is 34.5 Å². The Labute approximate surface area is 178 Å². The number of aromatic nitrogens is 2. The molecule has 5 heteroatoms. The number of hydrogen-bond donors (Lipinski definition) is 1. The van der Waals surface area contributed by atoms with Gasteiger partial charge in [0.2, 0.25) is 0 Å². The van der Waals surface area contributed by atoms with Crippen LogP contribution >= 0.6 is 0 Å². The van der Waals surface area contributed by atoms with Gasteiger partial charge in [0.1, 0.15) is 5.75 Å². The van der Waals surface area contributed by atoms with Crippen molar-refractivity contribution in [2.45, 2.75) is 65.2 Å². The number of aryl methyl sites for hydroxylation is 3. The lowest BCUT2D eigenvalue weighted by Gasteiger charge is -2.49. The summed E-state index contributed by atoms with van der Waals surface area (Å²) in [6.45, 7) is 6.53. The summed E-state index contributed by atoms with van der Waals surface area (Å²) in [7, 11) is 1.97. The van der Waals surface area contributed by atoms with E-state index in [0.29, 0.717) is 17.6 Å². The predicted molar refractivity (Wildman–Crippen MR) is 120 cm³/mol. The summed E-state index contributed by atoms with van der Waals surface area (Å²) in [6.07, 6.45) is 8.88. The third-order valence-electron chi connectivity index (χ3n) is 8.38. The maximum Gasteiger partial charge on any atom is 0.115 e. The highest BCUT2D eigenvalue weighted by Gasteiger charge is 2.53. The summed E-state index contributed by atoms with van der Waals surface area (Å²) in [5, 5.41) is 23.6. The van der Waals surface area contributed by atoms with Crippen molar-refractivity contribution in [3.63, 3.8) is 0 Å². The monoisotopic (exact) mass is 404 g/mol. The van der Waals surface area contributed by atoms with Gasteiger partial charge in [0.05, 0.1) is 11.9 Å². The molecule has 0 spiro atoms. The molecule has 30 heavy (non-hydrogen) atoms. The van der Waals surface area contributed by atoms with Crippen molar-refractivity contribution >= 4 is 11.9 Å². The van der Waals surface area contributed by atoms with Crippen LogP contribution < -0.4 is 0 Å². The standard InChI is InChI=1S/C25H32N4O/c1-15-22(16(2)29(4)28-15)14-26-27-24-10-9-23-21-7-5-17-13-18(30)6-8-19(17)20(21)11-12-25(23,24)3/h6,8,13-14,20-21,23,30H,5,7,9-12H2,1-4H3/b26-14-,27-24-/t20-,21+,23-,25-/m0/s1. The molecule has 0 amide bonds. The van der Waals surface area contributed by atoms with Crippen LogP contribution in [0.2, 0.25) is 0 Å². The van der Waals surface area contributed by atoms with Crippen LogP contribution in [-0.4, -0.2) is 26.8 Å². The Balaban J connectivity index is 1.39. The molecule has 5 nitrogen and oxygen atoms in total. The average Bonchev–Trinajstić information content (AvgIpc) is 3.18. The highest BCUT2D eigenvalue weighted by molar-refractivity contribution is 5.93. The van der Waals surface area contributed by atoms with Gasteiger partial charge in [-0.2, -0.15) is 15.3 Å². The number of phenolic OH excluding ortho intramolecular Hbond substituents is 1. The summed E-state index contributed by atoms with van der Waals surface area (Å²) < 4.78 is 1.90. The van der Waals surface area contributed by atoms with Crippen molar-refractivity contribution < 1.29 is 5.11 Å². The van der Waals surface area contributed by atoms with Gasteiger partial charge in [-0.15, -0.1) is 0 Å². The van der Waals surface area contributed by atoms with Crippen LogP contribution in [-0.2, 0) is 13.5 Å². The van der Waals surface area contributed by atoms with Gasteiger partial charge in [-0.05, 0) is 93.4 Å². The average molecular weight is 405 g/mol. The van der Waals surface area contributed by atoms with Crippen molar-refractivity contribution in [1.82, 2.24) is 9.78 Å². The van der Waals surface area contributed by atoms with E-state index in [1.165, 1.54) is 42.5 Å². The van der Waals surface area contributed by atoms with Crippen LogP contribution in [0.4, 0.5) is 0 Å². The molecule has 158 valence electrons. The second kappa shape index (κ2) is 7.07. The number of fused-ring (bicyclic) bond motifs is 5. The van der Waals surface area contributed by atoms with Crippen LogP contribution in [0.25, 0.3) is 0 Å². The summed E-state index contributed by atoms with van der Waals surface area (Å²) in [5.74, 6) is 2.45. The molecule has 1 N–H and O–H groups in total. The summed E-state index contributed by atoms with van der Waals surface area (Å²) >= 11 is 0. The molecule has 1 heterocycles. The van der Waals surface area contributed by atoms with E-state index < -0.39 is 0 Å². The molecule has 0 radical (unpaired) electrons. The Morgan fingerprint density at radius 1 is 1.20 bits per heavy atom. The first-order chi connectivity index (χ1) is 14.4. The quantitative estimate of drug-likeness (QED) is 0.561. The number of nitrogens with zero attached hydrogens (tertiary/aromatic N) is 4. The fourth-order valence-corrected chi connectivity index (χ4v) is 6.65. The van der Waals surface area contributed by atoms with Gasteiger partial charge in [0, 0.05) is 29.4 Å². The van der Waals surface area contributed by atoms with E-state index >= 15 is 0 Å². The second-order valence-corrected chi connectivity index (χ2v) is 9.79. The molecule has 3 aliphatic rings. The highest BCUT2D eigenvalue weighted by atomic mass is 16.3. The molecular weight excluding hydrogens is 372 g/mol. The minimum absolute atomic E-state index is 0.173. The largest absolute Gasteiger partial charge is 0.508 e. The number of benzene rings is 1. The summed E-state index contributed by atoms with van der Waals surface area (Å²) in [4.78, 5) is 0. The molecule has 4 atom stereocenters. The second-order valence-electron chi connectivity index (χ2n) is 9.79. The molecule has 1 aromatic carbocycles. The van der Waals surface area contributed by atoms with Crippen molar-refractivity contribution in [1.29, 1.82) is 0 Å². The lowest BCUT2D eigenvalue weighted by Crippen LogP contribution is -2.42. The van der Waals surface area contributed by atoms with E-state index in [1.54, 1.807) is 0 Å². The van der Waals surface area contributed by atoms with Gasteiger partial charge < -0.3 is 5.11 Å². The first-order valence-corrected chi connectivity index (χ1v) is 11.3. The van der Waals surface area contributed by atoms with Gasteiger partial charge in [0.25, 0.3) is 0 Å². The minimum Gasteiger partial charge on any atom is -0.508 e. The molecule has 0 aliphatic heterocycles. The smallest absolute Gasteiger partial charge is 0.115 e. The topological polar surface area (TPSA) is 62.8 Å². The molecule has 2 fully saturated rings. The third kappa shape index (κ3) is 2.93. The highest BCUT2D eigenvalue weighted by Crippen LogP contribution is 2.60. The molecule has 3 aliphatic carbocycles. The molecule has 2 saturated carbocycles. The summed E-state index contributed by atoms with van der Waals surface area (Å²) in [5.41, 5.74) is 7.51. The van der Waals surface area contributed by atoms with Crippen LogP contribution in [0.5, 0.6) is 5.75 Å². The number of hydrogen-bond acceptors (Lipinski definition) is 4. The lowest BCUT2D eigenvalue weighted by atomic mass is 9.55. The Bertz CT molecular complexity index is 1050. The fourth-order valence-electron chi connectivity index (χ4n) is 6.65. The van der Waals surface area contributed by atoms with E-state index in [4.69, 9.17) is 5.10 Å². The van der Waals surface area contributed by atoms with Gasteiger partial charge in [-0.25, -0.2) is 0 Å². The zero-order valence-electron chi connectivity index (χ0n) is 18.5. The SMILES string of the molecule is Cc1nn(C)c(C)c1/C=N\N=C1\CC[C@H]2[C@@H]3CCc4cc(O)ccc4[C@@H]3CC[C@]12C. The zero-order valence-corrected chi connectivity index (χ0v) is 18.5. The van der Waals surface area contributed by atoms with Crippen molar-refractivity contribution in [3.8, 4) is 5.75 Å². The Kier molecular flexibility index (Phi) is 4.60. The van der Waals surface area contributed by atoms with Crippen molar-refractivity contribution in [2.75, 3.05) is 0 Å². The Hall–Kier alpha value is -2.43. The van der Waals surface area contributed by atoms with Crippen LogP contribution in [0.15, 0.2) is 28.4 Å². The van der Waals surface area contributed by atoms with E-state index in [-0.39, 0.29) is 5.41 Å². The molecule has 1 aromatic heterocycles.